The van der Waals surface area contributed by atoms with Gasteiger partial charge in [0.1, 0.15) is 0 Å². The van der Waals surface area contributed by atoms with E-state index in [0.717, 1.165) is 18.2 Å². The highest BCUT2D eigenvalue weighted by atomic mass is 79.9. The summed E-state index contributed by atoms with van der Waals surface area (Å²) in [6, 6.07) is 5.30. The number of hydrogen-bond donors (Lipinski definition) is 2. The Hall–Kier alpha value is -1.97. The number of aliphatic hydroxyl groups excluding tert-OH is 1. The van der Waals surface area contributed by atoms with E-state index in [9.17, 15) is 20.0 Å². The van der Waals surface area contributed by atoms with Gasteiger partial charge in [-0.3, -0.25) is 15.4 Å². The van der Waals surface area contributed by atoms with Gasteiger partial charge in [0.15, 0.2) is 6.35 Å². The highest BCUT2D eigenvalue weighted by Crippen LogP contribution is 2.33. The lowest BCUT2D eigenvalue weighted by Gasteiger charge is -2.40. The molecule has 0 spiro atoms. The standard InChI is InChI=1S/C18H24BrN3O5/c1-3-27-17(23)15-12(2)21(11-5-4-10-19)18(24)20-16(15)13-6-8-14(9-7-13)22(25)26/h6-9,16,18,20,24H,3-5,10-11H2,1-2H3. The highest BCUT2D eigenvalue weighted by molar-refractivity contribution is 9.09. The summed E-state index contributed by atoms with van der Waals surface area (Å²) in [6.07, 6.45) is 0.815. The SMILES string of the molecule is CCOC(=O)C1=C(C)N(CCCCBr)C(O)NC1c1ccc([N+](=O)[O-])cc1. The average Bonchev–Trinajstić information content (AvgIpc) is 2.64. The summed E-state index contributed by atoms with van der Waals surface area (Å²) in [5.74, 6) is -0.469. The first-order valence-corrected chi connectivity index (χ1v) is 9.91. The van der Waals surface area contributed by atoms with Gasteiger partial charge in [-0.05, 0) is 32.3 Å². The topological polar surface area (TPSA) is 105 Å². The van der Waals surface area contributed by atoms with Gasteiger partial charge < -0.3 is 14.7 Å². The van der Waals surface area contributed by atoms with E-state index in [4.69, 9.17) is 4.74 Å². The van der Waals surface area contributed by atoms with E-state index in [2.05, 4.69) is 21.2 Å². The third-order valence-electron chi connectivity index (χ3n) is 4.44. The quantitative estimate of drug-likeness (QED) is 0.210. The number of carbonyl (C=O) groups excluding carboxylic acids is 1. The fourth-order valence-electron chi connectivity index (χ4n) is 3.06. The molecule has 1 aromatic carbocycles. The predicted molar refractivity (Wildman–Crippen MR) is 104 cm³/mol. The van der Waals surface area contributed by atoms with E-state index in [1.54, 1.807) is 30.9 Å². The summed E-state index contributed by atoms with van der Waals surface area (Å²) in [7, 11) is 0. The Bertz CT molecular complexity index is 707. The molecule has 1 aromatic rings. The molecular weight excluding hydrogens is 418 g/mol. The predicted octanol–water partition coefficient (Wildman–Crippen LogP) is 2.83. The third-order valence-corrected chi connectivity index (χ3v) is 5.00. The van der Waals surface area contributed by atoms with E-state index in [1.165, 1.54) is 12.1 Å². The molecule has 0 aliphatic carbocycles. The second-order valence-corrected chi connectivity index (χ2v) is 6.92. The van der Waals surface area contributed by atoms with Crippen LogP contribution >= 0.6 is 15.9 Å². The first kappa shape index (κ1) is 21.3. The van der Waals surface area contributed by atoms with Crippen LogP contribution in [0.5, 0.6) is 0 Å². The molecule has 0 amide bonds. The maximum absolute atomic E-state index is 12.6. The monoisotopic (exact) mass is 441 g/mol. The largest absolute Gasteiger partial charge is 0.463 e. The molecule has 0 bridgehead atoms. The van der Waals surface area contributed by atoms with Gasteiger partial charge in [-0.1, -0.05) is 28.1 Å². The Labute approximate surface area is 166 Å². The van der Waals surface area contributed by atoms with Crippen molar-refractivity contribution in [2.45, 2.75) is 39.1 Å². The molecule has 8 nitrogen and oxygen atoms in total. The lowest BCUT2D eigenvalue weighted by molar-refractivity contribution is -0.384. The molecule has 2 atom stereocenters. The Kier molecular flexibility index (Phi) is 7.76. The molecule has 2 unspecified atom stereocenters. The fourth-order valence-corrected chi connectivity index (χ4v) is 3.46. The van der Waals surface area contributed by atoms with Gasteiger partial charge in [0.05, 0.1) is 23.1 Å². The summed E-state index contributed by atoms with van der Waals surface area (Å²) < 4.78 is 5.21. The molecule has 1 aliphatic heterocycles. The number of alkyl halides is 1. The molecule has 9 heteroatoms. The van der Waals surface area contributed by atoms with Gasteiger partial charge in [-0.25, -0.2) is 4.79 Å². The molecule has 2 N–H and O–H groups in total. The number of allylic oxidation sites excluding steroid dienone is 1. The summed E-state index contributed by atoms with van der Waals surface area (Å²) in [6.45, 7) is 4.33. The minimum absolute atomic E-state index is 0.0371. The van der Waals surface area contributed by atoms with Crippen molar-refractivity contribution in [3.05, 3.63) is 51.2 Å². The van der Waals surface area contributed by atoms with Crippen molar-refractivity contribution in [1.29, 1.82) is 0 Å². The van der Waals surface area contributed by atoms with Crippen LogP contribution in [0.1, 0.15) is 38.3 Å². The van der Waals surface area contributed by atoms with Crippen molar-refractivity contribution in [3.63, 3.8) is 0 Å². The number of nitro groups is 1. The van der Waals surface area contributed by atoms with E-state index in [0.29, 0.717) is 23.4 Å². The third kappa shape index (κ3) is 5.06. The zero-order chi connectivity index (χ0) is 20.0. The summed E-state index contributed by atoms with van der Waals surface area (Å²) >= 11 is 3.39. The number of unbranched alkanes of at least 4 members (excludes halogenated alkanes) is 1. The summed E-state index contributed by atoms with van der Waals surface area (Å²) in [4.78, 5) is 24.7. The summed E-state index contributed by atoms with van der Waals surface area (Å²) in [5.41, 5.74) is 1.64. The number of esters is 1. The number of rotatable bonds is 8. The molecule has 0 radical (unpaired) electrons. The van der Waals surface area contributed by atoms with Crippen LogP contribution in [0.15, 0.2) is 35.5 Å². The van der Waals surface area contributed by atoms with Crippen LogP contribution in [0.4, 0.5) is 5.69 Å². The van der Waals surface area contributed by atoms with Gasteiger partial charge in [0.2, 0.25) is 0 Å². The maximum Gasteiger partial charge on any atom is 0.337 e. The Morgan fingerprint density at radius 2 is 2.04 bits per heavy atom. The van der Waals surface area contributed by atoms with Crippen LogP contribution in [0, 0.1) is 10.1 Å². The average molecular weight is 442 g/mol. The number of ether oxygens (including phenoxy) is 1. The number of nitrogens with zero attached hydrogens (tertiary/aromatic N) is 2. The molecule has 148 valence electrons. The van der Waals surface area contributed by atoms with Crippen molar-refractivity contribution >= 4 is 27.6 Å². The van der Waals surface area contributed by atoms with Gasteiger partial charge in [0.25, 0.3) is 5.69 Å². The van der Waals surface area contributed by atoms with Crippen LogP contribution in [0.3, 0.4) is 0 Å². The first-order chi connectivity index (χ1) is 12.9. The second kappa shape index (κ2) is 9.82. The van der Waals surface area contributed by atoms with Crippen LogP contribution < -0.4 is 5.32 Å². The second-order valence-electron chi connectivity index (χ2n) is 6.13. The minimum Gasteiger partial charge on any atom is -0.463 e. The van der Waals surface area contributed by atoms with Gasteiger partial charge >= 0.3 is 5.97 Å². The zero-order valence-corrected chi connectivity index (χ0v) is 16.9. The molecule has 0 saturated carbocycles. The van der Waals surface area contributed by atoms with Crippen molar-refractivity contribution in [3.8, 4) is 0 Å². The first-order valence-electron chi connectivity index (χ1n) is 8.79. The molecule has 27 heavy (non-hydrogen) atoms. The number of nitro benzene ring substituents is 1. The molecule has 0 fully saturated rings. The van der Waals surface area contributed by atoms with Gasteiger partial charge in [-0.2, -0.15) is 0 Å². The maximum atomic E-state index is 12.6. The lowest BCUT2D eigenvalue weighted by atomic mass is 9.94. The van der Waals surface area contributed by atoms with E-state index in [-0.39, 0.29) is 12.3 Å². The van der Waals surface area contributed by atoms with Crippen molar-refractivity contribution in [2.24, 2.45) is 0 Å². The number of benzene rings is 1. The lowest BCUT2D eigenvalue weighted by Crippen LogP contribution is -2.52. The smallest absolute Gasteiger partial charge is 0.337 e. The molecule has 1 heterocycles. The molecule has 2 rings (SSSR count). The van der Waals surface area contributed by atoms with Crippen LogP contribution in [0.25, 0.3) is 0 Å². The van der Waals surface area contributed by atoms with E-state index in [1.807, 2.05) is 0 Å². The van der Waals surface area contributed by atoms with Crippen LogP contribution in [-0.4, -0.2) is 45.7 Å². The van der Waals surface area contributed by atoms with E-state index < -0.39 is 23.3 Å². The molecule has 0 saturated heterocycles. The number of hydrogen-bond acceptors (Lipinski definition) is 7. The van der Waals surface area contributed by atoms with Crippen molar-refractivity contribution in [2.75, 3.05) is 18.5 Å². The van der Waals surface area contributed by atoms with E-state index >= 15 is 0 Å². The molecular formula is C18H24BrN3O5. The Morgan fingerprint density at radius 3 is 2.59 bits per heavy atom. The van der Waals surface area contributed by atoms with Gasteiger partial charge in [-0.15, -0.1) is 0 Å². The number of nitrogens with one attached hydrogen (secondary N) is 1. The van der Waals surface area contributed by atoms with Gasteiger partial charge in [0, 0.05) is 29.7 Å². The van der Waals surface area contributed by atoms with Crippen molar-refractivity contribution < 1.29 is 19.6 Å². The number of carbonyl (C=O) groups is 1. The van der Waals surface area contributed by atoms with Crippen LogP contribution in [0.2, 0.25) is 0 Å². The normalized spacial score (nSPS) is 19.9. The Balaban J connectivity index is 2.39. The molecule has 1 aliphatic rings. The number of non-ortho nitro benzene ring substituents is 1. The number of aliphatic hydroxyl groups is 1. The van der Waals surface area contributed by atoms with Crippen molar-refractivity contribution in [1.82, 2.24) is 10.2 Å². The minimum atomic E-state index is -0.973. The Morgan fingerprint density at radius 1 is 1.37 bits per heavy atom. The highest BCUT2D eigenvalue weighted by Gasteiger charge is 2.36. The number of halogens is 1. The zero-order valence-electron chi connectivity index (χ0n) is 15.4. The fraction of sp³-hybridized carbons (Fsp3) is 0.500. The van der Waals surface area contributed by atoms with Crippen LogP contribution in [-0.2, 0) is 9.53 Å². The summed E-state index contributed by atoms with van der Waals surface area (Å²) in [5, 5.41) is 25.3. The molecule has 0 aromatic heterocycles.